The number of hydrogen-bond acceptors (Lipinski definition) is 4. The second-order valence-corrected chi connectivity index (χ2v) is 6.58. The van der Waals surface area contributed by atoms with Gasteiger partial charge in [-0.15, -0.1) is 5.10 Å². The molecule has 12 heteroatoms. The van der Waals surface area contributed by atoms with E-state index in [1.807, 2.05) is 0 Å². The lowest BCUT2D eigenvalue weighted by molar-refractivity contribution is -0.117. The number of carbonyl (C=O) groups is 1. The summed E-state index contributed by atoms with van der Waals surface area (Å²) in [5, 5.41) is 10.2. The zero-order valence-corrected chi connectivity index (χ0v) is 15.8. The van der Waals surface area contributed by atoms with Crippen LogP contribution in [-0.2, 0) is 17.9 Å². The Kier molecular flexibility index (Phi) is 5.90. The number of hydrogen-bond donors (Lipinski definition) is 1. The number of nitrogens with one attached hydrogen (secondary N) is 1. The van der Waals surface area contributed by atoms with Crippen LogP contribution >= 0.6 is 23.2 Å². The van der Waals surface area contributed by atoms with Gasteiger partial charge < -0.3 is 0 Å². The second-order valence-electron chi connectivity index (χ2n) is 5.79. The van der Waals surface area contributed by atoms with Gasteiger partial charge in [-0.3, -0.25) is 14.8 Å². The van der Waals surface area contributed by atoms with Gasteiger partial charge in [0.25, 0.3) is 6.43 Å². The van der Waals surface area contributed by atoms with E-state index >= 15 is 0 Å². The van der Waals surface area contributed by atoms with E-state index in [9.17, 15) is 18.0 Å². The van der Waals surface area contributed by atoms with Gasteiger partial charge in [-0.25, -0.2) is 22.8 Å². The normalized spacial score (nSPS) is 11.2. The highest BCUT2D eigenvalue weighted by molar-refractivity contribution is 6.32. The molecule has 148 valence electrons. The molecular formula is C16H13Cl2F3N6O. The first kappa shape index (κ1) is 20.2. The zero-order valence-electron chi connectivity index (χ0n) is 14.3. The monoisotopic (exact) mass is 432 g/mol. The van der Waals surface area contributed by atoms with Crippen LogP contribution in [0.5, 0.6) is 0 Å². The van der Waals surface area contributed by atoms with Crippen LogP contribution in [0.4, 0.5) is 19.1 Å². The minimum atomic E-state index is -2.84. The molecule has 0 atom stereocenters. The number of amides is 1. The van der Waals surface area contributed by atoms with E-state index < -0.39 is 23.8 Å². The molecular weight excluding hydrogens is 420 g/mol. The van der Waals surface area contributed by atoms with Gasteiger partial charge in [-0.1, -0.05) is 29.3 Å². The molecule has 0 saturated heterocycles. The van der Waals surface area contributed by atoms with Gasteiger partial charge in [0.15, 0.2) is 0 Å². The van der Waals surface area contributed by atoms with Gasteiger partial charge in [0, 0.05) is 5.02 Å². The zero-order chi connectivity index (χ0) is 20.4. The van der Waals surface area contributed by atoms with Gasteiger partial charge in [0.05, 0.1) is 17.3 Å². The fourth-order valence-corrected chi connectivity index (χ4v) is 2.84. The Bertz CT molecular complexity index is 1020. The molecule has 0 aliphatic rings. The first-order valence-corrected chi connectivity index (χ1v) is 8.64. The Morgan fingerprint density at radius 3 is 2.68 bits per heavy atom. The number of rotatable bonds is 6. The summed E-state index contributed by atoms with van der Waals surface area (Å²) in [4.78, 5) is 16.1. The van der Waals surface area contributed by atoms with Crippen molar-refractivity contribution in [2.24, 2.45) is 0 Å². The molecule has 0 radical (unpaired) electrons. The fourth-order valence-electron chi connectivity index (χ4n) is 2.39. The molecule has 0 aliphatic carbocycles. The number of benzene rings is 1. The van der Waals surface area contributed by atoms with Gasteiger partial charge in [0.2, 0.25) is 11.9 Å². The Balaban J connectivity index is 1.65. The van der Waals surface area contributed by atoms with E-state index in [4.69, 9.17) is 23.2 Å². The number of aromatic nitrogens is 5. The standard InChI is InChI=1S/C16H13Cl2F3N6O/c1-8-13(18)14(15(20)21)24-27(8)6-12(28)23-16-22-7-26(25-16)5-9-2-3-10(19)4-11(9)17/h2-4,7,15H,5-6H2,1H3,(H,23,25,28). The molecule has 1 aromatic carbocycles. The summed E-state index contributed by atoms with van der Waals surface area (Å²) in [6.45, 7) is 1.36. The minimum absolute atomic E-state index is 0.00761. The third kappa shape index (κ3) is 4.45. The van der Waals surface area contributed by atoms with Crippen molar-refractivity contribution in [3.8, 4) is 0 Å². The molecule has 3 aromatic rings. The van der Waals surface area contributed by atoms with Crippen LogP contribution in [0.15, 0.2) is 24.5 Å². The van der Waals surface area contributed by atoms with Crippen molar-refractivity contribution in [1.82, 2.24) is 24.5 Å². The van der Waals surface area contributed by atoms with E-state index in [1.165, 1.54) is 36.1 Å². The highest BCUT2D eigenvalue weighted by atomic mass is 35.5. The first-order valence-electron chi connectivity index (χ1n) is 7.88. The Morgan fingerprint density at radius 2 is 2.04 bits per heavy atom. The van der Waals surface area contributed by atoms with Crippen LogP contribution in [-0.4, -0.2) is 30.5 Å². The van der Waals surface area contributed by atoms with Crippen molar-refractivity contribution in [3.63, 3.8) is 0 Å². The average molecular weight is 433 g/mol. The molecule has 3 rings (SSSR count). The van der Waals surface area contributed by atoms with Crippen molar-refractivity contribution in [3.05, 3.63) is 57.3 Å². The van der Waals surface area contributed by atoms with Crippen LogP contribution in [0.1, 0.15) is 23.4 Å². The highest BCUT2D eigenvalue weighted by Gasteiger charge is 2.21. The summed E-state index contributed by atoms with van der Waals surface area (Å²) in [7, 11) is 0. The molecule has 0 saturated carbocycles. The topological polar surface area (TPSA) is 77.6 Å². The lowest BCUT2D eigenvalue weighted by Gasteiger charge is -2.05. The molecule has 1 amide bonds. The maximum Gasteiger partial charge on any atom is 0.283 e. The lowest BCUT2D eigenvalue weighted by atomic mass is 10.2. The van der Waals surface area contributed by atoms with Crippen molar-refractivity contribution in [1.29, 1.82) is 0 Å². The fraction of sp³-hybridized carbons (Fsp3) is 0.250. The maximum atomic E-state index is 13.1. The number of carbonyl (C=O) groups excluding carboxylic acids is 1. The van der Waals surface area contributed by atoms with E-state index in [2.05, 4.69) is 20.5 Å². The summed E-state index contributed by atoms with van der Waals surface area (Å²) in [6.07, 6.45) is -1.48. The van der Waals surface area contributed by atoms with Crippen molar-refractivity contribution < 1.29 is 18.0 Å². The van der Waals surface area contributed by atoms with Crippen molar-refractivity contribution >= 4 is 35.1 Å². The molecule has 2 heterocycles. The molecule has 0 bridgehead atoms. The quantitative estimate of drug-likeness (QED) is 0.641. The highest BCUT2D eigenvalue weighted by Crippen LogP contribution is 2.28. The predicted molar refractivity (Wildman–Crippen MR) is 96.1 cm³/mol. The maximum absolute atomic E-state index is 13.1. The third-order valence-electron chi connectivity index (χ3n) is 3.79. The summed E-state index contributed by atoms with van der Waals surface area (Å²) < 4.78 is 41.2. The van der Waals surface area contributed by atoms with Crippen molar-refractivity contribution in [2.75, 3.05) is 5.32 Å². The molecule has 0 fully saturated rings. The van der Waals surface area contributed by atoms with E-state index in [1.54, 1.807) is 0 Å². The van der Waals surface area contributed by atoms with Crippen LogP contribution in [0.2, 0.25) is 10.0 Å². The molecule has 28 heavy (non-hydrogen) atoms. The molecule has 7 nitrogen and oxygen atoms in total. The minimum Gasteiger partial charge on any atom is -0.292 e. The Morgan fingerprint density at radius 1 is 1.29 bits per heavy atom. The van der Waals surface area contributed by atoms with Crippen LogP contribution in [0.3, 0.4) is 0 Å². The second kappa shape index (κ2) is 8.19. The largest absolute Gasteiger partial charge is 0.292 e. The predicted octanol–water partition coefficient (Wildman–Crippen LogP) is 3.85. The van der Waals surface area contributed by atoms with Crippen molar-refractivity contribution in [2.45, 2.75) is 26.4 Å². The summed E-state index contributed by atoms with van der Waals surface area (Å²) in [6, 6.07) is 3.97. The smallest absolute Gasteiger partial charge is 0.283 e. The van der Waals surface area contributed by atoms with E-state index in [0.29, 0.717) is 5.56 Å². The molecule has 0 unspecified atom stereocenters. The van der Waals surface area contributed by atoms with Crippen LogP contribution in [0.25, 0.3) is 0 Å². The first-order chi connectivity index (χ1) is 13.2. The third-order valence-corrected chi connectivity index (χ3v) is 4.61. The van der Waals surface area contributed by atoms with E-state index in [0.717, 1.165) is 4.68 Å². The SMILES string of the molecule is Cc1c(Cl)c(C(F)F)nn1CC(=O)Nc1ncn(Cc2ccc(F)cc2Cl)n1. The van der Waals surface area contributed by atoms with Gasteiger partial charge >= 0.3 is 0 Å². The molecule has 2 aromatic heterocycles. The molecule has 0 spiro atoms. The number of anilines is 1. The van der Waals surface area contributed by atoms with Crippen LogP contribution < -0.4 is 5.32 Å². The number of nitrogens with zero attached hydrogens (tertiary/aromatic N) is 5. The average Bonchev–Trinajstić information content (AvgIpc) is 3.16. The van der Waals surface area contributed by atoms with Crippen LogP contribution in [0, 0.1) is 12.7 Å². The summed E-state index contributed by atoms with van der Waals surface area (Å²) in [5.41, 5.74) is 0.286. The summed E-state index contributed by atoms with van der Waals surface area (Å²) >= 11 is 11.8. The molecule has 1 N–H and O–H groups in total. The summed E-state index contributed by atoms with van der Waals surface area (Å²) in [5.74, 6) is -1.02. The number of alkyl halides is 2. The number of halogens is 5. The Hall–Kier alpha value is -2.59. The van der Waals surface area contributed by atoms with Gasteiger partial charge in [-0.2, -0.15) is 5.10 Å². The Labute approximate surface area is 167 Å². The lowest BCUT2D eigenvalue weighted by Crippen LogP contribution is -2.21. The van der Waals surface area contributed by atoms with Gasteiger partial charge in [0.1, 0.15) is 24.4 Å². The molecule has 0 aliphatic heterocycles. The van der Waals surface area contributed by atoms with Gasteiger partial charge in [-0.05, 0) is 24.6 Å². The van der Waals surface area contributed by atoms with E-state index in [-0.39, 0.29) is 34.8 Å².